The molecule has 0 aliphatic carbocycles. The van der Waals surface area contributed by atoms with E-state index in [1.807, 2.05) is 0 Å². The predicted octanol–water partition coefficient (Wildman–Crippen LogP) is 3.90. The van der Waals surface area contributed by atoms with Crippen molar-refractivity contribution in [1.29, 1.82) is 0 Å². The number of hydrogen-bond acceptors (Lipinski definition) is 7. The molecule has 1 aliphatic rings. The van der Waals surface area contributed by atoms with Crippen molar-refractivity contribution in [3.63, 3.8) is 0 Å². The number of ether oxygens (including phenoxy) is 2. The van der Waals surface area contributed by atoms with Crippen LogP contribution in [0.5, 0.6) is 0 Å². The van der Waals surface area contributed by atoms with E-state index in [1.165, 1.54) is 14.2 Å². The Morgan fingerprint density at radius 2 is 1.66 bits per heavy atom. The average Bonchev–Trinajstić information content (AvgIpc) is 2.82. The molecule has 1 unspecified atom stereocenters. The first-order valence-corrected chi connectivity index (χ1v) is 10.9. The number of alkyl halides is 1. The normalized spacial score (nSPS) is 16.3. The van der Waals surface area contributed by atoms with Gasteiger partial charge in [-0.2, -0.15) is 0 Å². The number of carbonyl (C=O) groups is 2. The highest BCUT2D eigenvalue weighted by Gasteiger charge is 2.39. The number of fused-ring (bicyclic) bond motifs is 2. The van der Waals surface area contributed by atoms with Crippen molar-refractivity contribution >= 4 is 49.8 Å². The highest BCUT2D eigenvalue weighted by Crippen LogP contribution is 2.42. The topological polar surface area (TPSA) is 94.8 Å². The molecule has 1 aliphatic heterocycles. The van der Waals surface area contributed by atoms with Crippen LogP contribution in [0.15, 0.2) is 74.2 Å². The molecular weight excluding hydrogens is 478 g/mol. The summed E-state index contributed by atoms with van der Waals surface area (Å²) in [6.07, 6.45) is 0. The molecule has 0 fully saturated rings. The second-order valence-electron chi connectivity index (χ2n) is 7.26. The minimum atomic E-state index is -0.864. The van der Waals surface area contributed by atoms with Crippen LogP contribution in [0.3, 0.4) is 0 Å². The summed E-state index contributed by atoms with van der Waals surface area (Å²) in [6.45, 7) is 1.73. The molecule has 32 heavy (non-hydrogen) atoms. The van der Waals surface area contributed by atoms with Gasteiger partial charge in [0.2, 0.25) is 5.43 Å². The molecule has 2 aromatic carbocycles. The SMILES string of the molecule is COC(=O)C1=C(C)NC(CBr)=C(C(=O)OC)C1c1cccc2c(=O)c3ccccc3oc12. The van der Waals surface area contributed by atoms with Crippen LogP contribution in [0.1, 0.15) is 18.4 Å². The van der Waals surface area contributed by atoms with E-state index in [4.69, 9.17) is 13.9 Å². The molecule has 1 aromatic heterocycles. The molecule has 0 amide bonds. The van der Waals surface area contributed by atoms with Gasteiger partial charge in [0.15, 0.2) is 0 Å². The van der Waals surface area contributed by atoms with Crippen molar-refractivity contribution < 1.29 is 23.5 Å². The third-order valence-corrected chi connectivity index (χ3v) is 6.09. The second kappa shape index (κ2) is 8.63. The number of carbonyl (C=O) groups excluding carboxylic acids is 2. The lowest BCUT2D eigenvalue weighted by molar-refractivity contribution is -0.137. The predicted molar refractivity (Wildman–Crippen MR) is 123 cm³/mol. The van der Waals surface area contributed by atoms with Crippen LogP contribution in [0.2, 0.25) is 0 Å². The van der Waals surface area contributed by atoms with Gasteiger partial charge < -0.3 is 19.2 Å². The van der Waals surface area contributed by atoms with Gasteiger partial charge in [-0.05, 0) is 25.1 Å². The Balaban J connectivity index is 2.12. The Kier molecular flexibility index (Phi) is 5.88. The molecular formula is C24H20BrNO6. The molecule has 0 saturated heterocycles. The fraction of sp³-hybridized carbons (Fsp3) is 0.208. The van der Waals surface area contributed by atoms with Gasteiger partial charge in [0.05, 0.1) is 42.1 Å². The van der Waals surface area contributed by atoms with Gasteiger partial charge in [-0.1, -0.05) is 40.2 Å². The number of dihydropyridines is 1. The summed E-state index contributed by atoms with van der Waals surface area (Å²) in [6, 6.07) is 12.1. The number of benzene rings is 2. The van der Waals surface area contributed by atoms with Crippen molar-refractivity contribution in [2.75, 3.05) is 19.5 Å². The maximum absolute atomic E-state index is 13.2. The fourth-order valence-electron chi connectivity index (χ4n) is 4.12. The zero-order valence-electron chi connectivity index (χ0n) is 17.7. The summed E-state index contributed by atoms with van der Waals surface area (Å²) in [7, 11) is 2.55. The molecule has 8 heteroatoms. The molecule has 0 bridgehead atoms. The summed E-state index contributed by atoms with van der Waals surface area (Å²) < 4.78 is 16.2. The van der Waals surface area contributed by atoms with Gasteiger partial charge in [0.25, 0.3) is 0 Å². The Labute approximate surface area is 191 Å². The fourth-order valence-corrected chi connectivity index (χ4v) is 4.56. The highest BCUT2D eigenvalue weighted by molar-refractivity contribution is 9.09. The molecule has 164 valence electrons. The van der Waals surface area contributed by atoms with E-state index in [9.17, 15) is 14.4 Å². The van der Waals surface area contributed by atoms with Gasteiger partial charge in [0.1, 0.15) is 11.2 Å². The smallest absolute Gasteiger partial charge is 0.336 e. The Morgan fingerprint density at radius 1 is 1.00 bits per heavy atom. The number of allylic oxidation sites excluding steroid dienone is 2. The number of methoxy groups -OCH3 is 2. The van der Waals surface area contributed by atoms with E-state index in [2.05, 4.69) is 21.2 Å². The molecule has 0 saturated carbocycles. The molecule has 2 heterocycles. The minimum absolute atomic E-state index is 0.192. The third-order valence-electron chi connectivity index (χ3n) is 5.53. The van der Waals surface area contributed by atoms with E-state index >= 15 is 0 Å². The van der Waals surface area contributed by atoms with Crippen molar-refractivity contribution in [3.8, 4) is 0 Å². The van der Waals surface area contributed by atoms with Gasteiger partial charge >= 0.3 is 11.9 Å². The molecule has 0 radical (unpaired) electrons. The summed E-state index contributed by atoms with van der Waals surface area (Å²) in [4.78, 5) is 38.9. The molecule has 1 atom stereocenters. The van der Waals surface area contributed by atoms with Crippen LogP contribution < -0.4 is 10.7 Å². The van der Waals surface area contributed by atoms with Gasteiger partial charge in [-0.3, -0.25) is 4.79 Å². The van der Waals surface area contributed by atoms with Gasteiger partial charge in [-0.25, -0.2) is 9.59 Å². The van der Waals surface area contributed by atoms with E-state index in [0.29, 0.717) is 44.2 Å². The number of esters is 2. The Bertz CT molecular complexity index is 1380. The number of nitrogens with one attached hydrogen (secondary N) is 1. The van der Waals surface area contributed by atoms with E-state index < -0.39 is 17.9 Å². The quantitative estimate of drug-likeness (QED) is 0.331. The first-order valence-electron chi connectivity index (χ1n) is 9.80. The van der Waals surface area contributed by atoms with Crippen LogP contribution in [0.25, 0.3) is 21.9 Å². The van der Waals surface area contributed by atoms with Crippen molar-refractivity contribution in [2.24, 2.45) is 0 Å². The van der Waals surface area contributed by atoms with Crippen molar-refractivity contribution in [1.82, 2.24) is 5.32 Å². The lowest BCUT2D eigenvalue weighted by atomic mass is 9.79. The maximum Gasteiger partial charge on any atom is 0.336 e. The Hall–Kier alpha value is -3.39. The standard InChI is InChI=1S/C24H20BrNO6/c1-12-18(23(28)30-2)19(20(24(29)31-3)16(11-25)26-12)14-8-6-9-15-21(27)13-7-4-5-10-17(13)32-22(14)15/h4-10,19,26H,11H2,1-3H3. The largest absolute Gasteiger partial charge is 0.466 e. The monoisotopic (exact) mass is 497 g/mol. The highest BCUT2D eigenvalue weighted by atomic mass is 79.9. The summed E-state index contributed by atoms with van der Waals surface area (Å²) >= 11 is 3.40. The van der Waals surface area contributed by atoms with Crippen LogP contribution in [-0.2, 0) is 19.1 Å². The molecule has 4 rings (SSSR count). The number of halogens is 1. The minimum Gasteiger partial charge on any atom is -0.466 e. The second-order valence-corrected chi connectivity index (χ2v) is 7.82. The van der Waals surface area contributed by atoms with Crippen LogP contribution in [0.4, 0.5) is 0 Å². The zero-order chi connectivity index (χ0) is 23.0. The van der Waals surface area contributed by atoms with E-state index in [1.54, 1.807) is 49.4 Å². The molecule has 0 spiro atoms. The van der Waals surface area contributed by atoms with Gasteiger partial charge in [0, 0.05) is 22.3 Å². The first-order chi connectivity index (χ1) is 15.4. The Morgan fingerprint density at radius 3 is 2.34 bits per heavy atom. The maximum atomic E-state index is 13.2. The van der Waals surface area contributed by atoms with Crippen LogP contribution in [-0.4, -0.2) is 31.5 Å². The van der Waals surface area contributed by atoms with Gasteiger partial charge in [-0.15, -0.1) is 0 Å². The van der Waals surface area contributed by atoms with Crippen molar-refractivity contribution in [3.05, 3.63) is 80.8 Å². The third kappa shape index (κ3) is 3.40. The first kappa shape index (κ1) is 21.8. The molecule has 3 aromatic rings. The average molecular weight is 498 g/mol. The van der Waals surface area contributed by atoms with Crippen LogP contribution >= 0.6 is 15.9 Å². The van der Waals surface area contributed by atoms with E-state index in [0.717, 1.165) is 0 Å². The number of para-hydroxylation sites is 2. The van der Waals surface area contributed by atoms with Crippen LogP contribution in [0, 0.1) is 0 Å². The lowest BCUT2D eigenvalue weighted by Gasteiger charge is -2.30. The summed E-state index contributed by atoms with van der Waals surface area (Å²) in [5.74, 6) is -2.07. The number of rotatable bonds is 4. The zero-order valence-corrected chi connectivity index (χ0v) is 19.2. The number of hydrogen-bond donors (Lipinski definition) is 1. The molecule has 7 nitrogen and oxygen atoms in total. The summed E-state index contributed by atoms with van der Waals surface area (Å²) in [5.41, 5.74) is 2.56. The van der Waals surface area contributed by atoms with Crippen molar-refractivity contribution in [2.45, 2.75) is 12.8 Å². The molecule has 1 N–H and O–H groups in total. The summed E-state index contributed by atoms with van der Waals surface area (Å²) in [5, 5.41) is 4.22. The van der Waals surface area contributed by atoms with E-state index in [-0.39, 0.29) is 16.6 Å². The lowest BCUT2D eigenvalue weighted by Crippen LogP contribution is -2.33.